The number of nitrogen functional groups attached to an aromatic ring is 1. The summed E-state index contributed by atoms with van der Waals surface area (Å²) in [6, 6.07) is 0. The molecule has 0 radical (unpaired) electrons. The van der Waals surface area contributed by atoms with Crippen LogP contribution in [0.3, 0.4) is 0 Å². The number of hydrogen-bond donors (Lipinski definition) is 2. The van der Waals surface area contributed by atoms with Crippen molar-refractivity contribution in [3.05, 3.63) is 11.5 Å². The summed E-state index contributed by atoms with van der Waals surface area (Å²) in [6.45, 7) is 3.31. The monoisotopic (exact) mass is 187 g/mol. The number of anilines is 1. The fourth-order valence-electron chi connectivity index (χ4n) is 1.33. The summed E-state index contributed by atoms with van der Waals surface area (Å²) in [5.74, 6) is -0.666. The summed E-state index contributed by atoms with van der Waals surface area (Å²) in [5.41, 5.74) is 4.97. The van der Waals surface area contributed by atoms with Gasteiger partial charge >= 0.3 is 0 Å². The summed E-state index contributed by atoms with van der Waals surface area (Å²) in [7, 11) is 1.60. The molecule has 0 saturated carbocycles. The second kappa shape index (κ2) is 2.99. The van der Waals surface area contributed by atoms with Gasteiger partial charge in [-0.05, 0) is 0 Å². The van der Waals surface area contributed by atoms with E-state index in [-0.39, 0.29) is 12.4 Å². The minimum atomic E-state index is -0.663. The van der Waals surface area contributed by atoms with E-state index in [9.17, 15) is 4.39 Å². The van der Waals surface area contributed by atoms with Gasteiger partial charge in [0.15, 0.2) is 11.6 Å². The molecule has 0 bridgehead atoms. The Morgan fingerprint density at radius 1 is 1.62 bits per heavy atom. The number of hydrogen-bond acceptors (Lipinski definition) is 3. The van der Waals surface area contributed by atoms with Crippen LogP contribution in [0, 0.1) is 5.82 Å². The number of aliphatic hydroxyl groups is 1. The molecule has 0 atom stereocenters. The number of aromatic nitrogens is 2. The van der Waals surface area contributed by atoms with E-state index in [0.717, 1.165) is 0 Å². The average molecular weight is 187 g/mol. The maximum absolute atomic E-state index is 13.4. The molecule has 3 N–H and O–H groups in total. The quantitative estimate of drug-likeness (QED) is 0.705. The minimum absolute atomic E-state index is 0.126. The molecule has 0 aromatic carbocycles. The van der Waals surface area contributed by atoms with Crippen molar-refractivity contribution in [3.8, 4) is 0 Å². The van der Waals surface area contributed by atoms with Gasteiger partial charge in [0.2, 0.25) is 0 Å². The van der Waals surface area contributed by atoms with Crippen molar-refractivity contribution in [3.63, 3.8) is 0 Å². The number of rotatable bonds is 2. The predicted octanol–water partition coefficient (Wildman–Crippen LogP) is 0.411. The zero-order chi connectivity index (χ0) is 10.2. The summed E-state index contributed by atoms with van der Waals surface area (Å²) >= 11 is 0. The van der Waals surface area contributed by atoms with E-state index in [0.29, 0.717) is 5.69 Å². The Balaban J connectivity index is 3.28. The second-order valence-corrected chi connectivity index (χ2v) is 3.71. The van der Waals surface area contributed by atoms with Crippen molar-refractivity contribution in [1.29, 1.82) is 0 Å². The van der Waals surface area contributed by atoms with Crippen LogP contribution in [0.15, 0.2) is 0 Å². The molecule has 0 fully saturated rings. The number of halogens is 1. The average Bonchev–Trinajstić information content (AvgIpc) is 2.27. The van der Waals surface area contributed by atoms with Crippen LogP contribution < -0.4 is 5.73 Å². The van der Waals surface area contributed by atoms with Crippen molar-refractivity contribution in [2.24, 2.45) is 7.05 Å². The van der Waals surface area contributed by atoms with Crippen molar-refractivity contribution in [2.45, 2.75) is 19.3 Å². The highest BCUT2D eigenvalue weighted by Gasteiger charge is 2.29. The van der Waals surface area contributed by atoms with Gasteiger partial charge in [-0.25, -0.2) is 4.39 Å². The van der Waals surface area contributed by atoms with Gasteiger partial charge in [0.1, 0.15) is 0 Å². The highest BCUT2D eigenvalue weighted by molar-refractivity contribution is 5.35. The van der Waals surface area contributed by atoms with Crippen LogP contribution in [-0.4, -0.2) is 21.5 Å². The van der Waals surface area contributed by atoms with Gasteiger partial charge in [-0.15, -0.1) is 0 Å². The number of aryl methyl sites for hydroxylation is 1. The molecule has 74 valence electrons. The highest BCUT2D eigenvalue weighted by Crippen LogP contribution is 2.27. The molecule has 13 heavy (non-hydrogen) atoms. The van der Waals surface area contributed by atoms with E-state index in [1.54, 1.807) is 20.9 Å². The molecule has 0 aliphatic heterocycles. The molecule has 5 heteroatoms. The van der Waals surface area contributed by atoms with Crippen molar-refractivity contribution < 1.29 is 9.50 Å². The van der Waals surface area contributed by atoms with Gasteiger partial charge in [-0.2, -0.15) is 5.10 Å². The fourth-order valence-corrected chi connectivity index (χ4v) is 1.33. The fraction of sp³-hybridized carbons (Fsp3) is 0.625. The Morgan fingerprint density at radius 2 is 2.15 bits per heavy atom. The Hall–Kier alpha value is -1.10. The normalized spacial score (nSPS) is 12.1. The smallest absolute Gasteiger partial charge is 0.188 e. The van der Waals surface area contributed by atoms with E-state index < -0.39 is 11.2 Å². The van der Waals surface area contributed by atoms with Crippen LogP contribution in [-0.2, 0) is 12.5 Å². The number of aliphatic hydroxyl groups excluding tert-OH is 1. The van der Waals surface area contributed by atoms with E-state index in [1.165, 1.54) is 4.68 Å². The lowest BCUT2D eigenvalue weighted by Crippen LogP contribution is -2.26. The molecule has 1 heterocycles. The first kappa shape index (κ1) is 9.98. The summed E-state index contributed by atoms with van der Waals surface area (Å²) in [5, 5.41) is 12.8. The van der Waals surface area contributed by atoms with Crippen LogP contribution in [0.1, 0.15) is 19.5 Å². The predicted molar refractivity (Wildman–Crippen MR) is 47.7 cm³/mol. The standard InChI is InChI=1S/C8H14FN3O/c1-8(2,4-13)6-5(9)7(10)11-12(6)3/h13H,4H2,1-3H3,(H2,10,11). The molecule has 1 rings (SSSR count). The van der Waals surface area contributed by atoms with Crippen LogP contribution in [0.2, 0.25) is 0 Å². The maximum Gasteiger partial charge on any atom is 0.188 e. The van der Waals surface area contributed by atoms with Crippen LogP contribution >= 0.6 is 0 Å². The molecule has 0 aliphatic rings. The van der Waals surface area contributed by atoms with Crippen LogP contribution in [0.25, 0.3) is 0 Å². The van der Waals surface area contributed by atoms with Crippen molar-refractivity contribution in [2.75, 3.05) is 12.3 Å². The van der Waals surface area contributed by atoms with Gasteiger partial charge in [0.25, 0.3) is 0 Å². The highest BCUT2D eigenvalue weighted by atomic mass is 19.1. The van der Waals surface area contributed by atoms with E-state index in [1.807, 2.05) is 0 Å². The zero-order valence-corrected chi connectivity index (χ0v) is 8.00. The van der Waals surface area contributed by atoms with Crippen molar-refractivity contribution >= 4 is 5.82 Å². The molecular weight excluding hydrogens is 173 g/mol. The molecule has 4 nitrogen and oxygen atoms in total. The third-order valence-corrected chi connectivity index (χ3v) is 2.05. The summed E-state index contributed by atoms with van der Waals surface area (Å²) in [6.07, 6.45) is 0. The lowest BCUT2D eigenvalue weighted by atomic mass is 9.90. The first-order valence-corrected chi connectivity index (χ1v) is 3.99. The van der Waals surface area contributed by atoms with Gasteiger partial charge in [-0.3, -0.25) is 4.68 Å². The topological polar surface area (TPSA) is 64.1 Å². The molecule has 0 spiro atoms. The number of nitrogens with zero attached hydrogens (tertiary/aromatic N) is 2. The molecule has 1 aromatic rings. The van der Waals surface area contributed by atoms with Gasteiger partial charge < -0.3 is 10.8 Å². The van der Waals surface area contributed by atoms with Crippen LogP contribution in [0.5, 0.6) is 0 Å². The SMILES string of the molecule is Cn1nc(N)c(F)c1C(C)(C)CO. The van der Waals surface area contributed by atoms with Gasteiger partial charge in [0.05, 0.1) is 12.3 Å². The molecule has 0 unspecified atom stereocenters. The Labute approximate surface area is 76.2 Å². The lowest BCUT2D eigenvalue weighted by Gasteiger charge is -2.21. The minimum Gasteiger partial charge on any atom is -0.395 e. The summed E-state index contributed by atoms with van der Waals surface area (Å²) < 4.78 is 14.7. The van der Waals surface area contributed by atoms with Crippen LogP contribution in [0.4, 0.5) is 10.2 Å². The molecular formula is C8H14FN3O. The first-order valence-electron chi connectivity index (χ1n) is 3.99. The van der Waals surface area contributed by atoms with E-state index in [4.69, 9.17) is 10.8 Å². The largest absolute Gasteiger partial charge is 0.395 e. The molecule has 0 amide bonds. The Kier molecular flexibility index (Phi) is 2.30. The first-order chi connectivity index (χ1) is 5.90. The van der Waals surface area contributed by atoms with E-state index >= 15 is 0 Å². The Morgan fingerprint density at radius 3 is 2.46 bits per heavy atom. The van der Waals surface area contributed by atoms with Gasteiger partial charge in [0, 0.05) is 12.5 Å². The summed E-state index contributed by atoms with van der Waals surface area (Å²) in [4.78, 5) is 0. The van der Waals surface area contributed by atoms with Crippen molar-refractivity contribution in [1.82, 2.24) is 9.78 Å². The zero-order valence-electron chi connectivity index (χ0n) is 8.00. The third-order valence-electron chi connectivity index (χ3n) is 2.05. The maximum atomic E-state index is 13.4. The lowest BCUT2D eigenvalue weighted by molar-refractivity contribution is 0.208. The molecule has 0 aliphatic carbocycles. The number of nitrogens with two attached hydrogens (primary N) is 1. The Bertz CT molecular complexity index is 319. The van der Waals surface area contributed by atoms with Gasteiger partial charge in [-0.1, -0.05) is 13.8 Å². The molecule has 0 saturated heterocycles. The third kappa shape index (κ3) is 1.51. The van der Waals surface area contributed by atoms with E-state index in [2.05, 4.69) is 5.10 Å². The second-order valence-electron chi connectivity index (χ2n) is 3.71. The molecule has 1 aromatic heterocycles.